The summed E-state index contributed by atoms with van der Waals surface area (Å²) in [7, 11) is 0. The summed E-state index contributed by atoms with van der Waals surface area (Å²) in [5, 5.41) is 8.96. The number of nitrogens with two attached hydrogens (primary N) is 1. The van der Waals surface area contributed by atoms with Crippen molar-refractivity contribution < 1.29 is 9.18 Å². The third-order valence-corrected chi connectivity index (χ3v) is 6.03. The van der Waals surface area contributed by atoms with Gasteiger partial charge >= 0.3 is 0 Å². The number of aryl methyl sites for hydroxylation is 1. The highest BCUT2D eigenvalue weighted by atomic mass is 19.1. The van der Waals surface area contributed by atoms with Crippen molar-refractivity contribution in [2.45, 2.75) is 25.3 Å². The number of para-hydroxylation sites is 1. The maximum Gasteiger partial charge on any atom is 0.254 e. The van der Waals surface area contributed by atoms with E-state index >= 15 is 0 Å². The summed E-state index contributed by atoms with van der Waals surface area (Å²) in [5.74, 6) is -0.532. The number of anilines is 1. The lowest BCUT2D eigenvalue weighted by atomic mass is 9.91. The zero-order valence-corrected chi connectivity index (χ0v) is 17.4. The number of pyridine rings is 1. The first-order valence-corrected chi connectivity index (χ1v) is 10.6. The van der Waals surface area contributed by atoms with Crippen LogP contribution in [0.1, 0.15) is 28.0 Å². The Morgan fingerprint density at radius 2 is 2.09 bits per heavy atom. The van der Waals surface area contributed by atoms with Gasteiger partial charge in [-0.3, -0.25) is 9.78 Å². The van der Waals surface area contributed by atoms with Crippen molar-refractivity contribution in [2.24, 2.45) is 5.73 Å². The van der Waals surface area contributed by atoms with E-state index in [4.69, 9.17) is 5.73 Å². The maximum atomic E-state index is 13.8. The first-order chi connectivity index (χ1) is 16.1. The lowest BCUT2D eigenvalue weighted by Crippen LogP contribution is -2.29. The van der Waals surface area contributed by atoms with E-state index in [9.17, 15) is 9.18 Å². The molecule has 0 aliphatic heterocycles. The van der Waals surface area contributed by atoms with Gasteiger partial charge in [0.1, 0.15) is 11.4 Å². The third kappa shape index (κ3) is 3.27. The van der Waals surface area contributed by atoms with Gasteiger partial charge in [0.25, 0.3) is 5.91 Å². The summed E-state index contributed by atoms with van der Waals surface area (Å²) in [5.41, 5.74) is 9.99. The topological polar surface area (TPSA) is 127 Å². The first kappa shape index (κ1) is 19.4. The molecule has 4 N–H and O–H groups in total. The molecule has 0 spiro atoms. The van der Waals surface area contributed by atoms with Crippen molar-refractivity contribution in [3.05, 3.63) is 71.6 Å². The second-order valence-electron chi connectivity index (χ2n) is 8.13. The molecule has 0 bridgehead atoms. The third-order valence-electron chi connectivity index (χ3n) is 6.03. The number of H-pyrrole nitrogens is 1. The van der Waals surface area contributed by atoms with Crippen LogP contribution in [0.2, 0.25) is 0 Å². The smallest absolute Gasteiger partial charge is 0.254 e. The number of amides is 1. The summed E-state index contributed by atoms with van der Waals surface area (Å²) in [6, 6.07) is 9.64. The number of fused-ring (bicyclic) bond motifs is 4. The number of primary amides is 1. The Morgan fingerprint density at radius 1 is 1.21 bits per heavy atom. The van der Waals surface area contributed by atoms with E-state index in [2.05, 4.69) is 42.5 Å². The predicted octanol–water partition coefficient (Wildman–Crippen LogP) is 2.88. The molecule has 0 fully saturated rings. The highest BCUT2D eigenvalue weighted by molar-refractivity contribution is 5.98. The molecule has 164 valence electrons. The van der Waals surface area contributed by atoms with Crippen molar-refractivity contribution in [3.63, 3.8) is 0 Å². The molecule has 1 atom stereocenters. The Kier molecular flexibility index (Phi) is 4.32. The molecule has 4 heterocycles. The van der Waals surface area contributed by atoms with Crippen LogP contribution in [-0.4, -0.2) is 41.5 Å². The van der Waals surface area contributed by atoms with Crippen LogP contribution in [0.15, 0.2) is 48.9 Å². The van der Waals surface area contributed by atoms with Crippen molar-refractivity contribution in [3.8, 4) is 11.4 Å². The van der Waals surface area contributed by atoms with Crippen LogP contribution >= 0.6 is 0 Å². The normalized spacial score (nSPS) is 15.6. The molecule has 1 amide bonds. The minimum atomic E-state index is -0.654. The molecule has 5 aromatic rings. The standard InChI is InChI=1S/C23H19FN8O/c24-13-7-12(9-26-10-13)21-30-22-17(20(25)33)11-27-32(22)23(31-21)28-14-5-6-19-16(8-14)15-3-1-2-4-18(15)29-19/h1-4,7,9-11,14,29H,5-6,8H2,(H2,25,33)(H,28,30,31). The van der Waals surface area contributed by atoms with Gasteiger partial charge < -0.3 is 16.0 Å². The Hall–Kier alpha value is -4.34. The van der Waals surface area contributed by atoms with E-state index in [1.54, 1.807) is 0 Å². The number of nitrogens with zero attached hydrogens (tertiary/aromatic N) is 5. The van der Waals surface area contributed by atoms with Gasteiger partial charge in [-0.1, -0.05) is 18.2 Å². The van der Waals surface area contributed by atoms with Gasteiger partial charge in [0, 0.05) is 34.4 Å². The predicted molar refractivity (Wildman–Crippen MR) is 120 cm³/mol. The number of aromatic nitrogens is 6. The summed E-state index contributed by atoms with van der Waals surface area (Å²) < 4.78 is 15.3. The fourth-order valence-electron chi connectivity index (χ4n) is 4.48. The molecule has 10 heteroatoms. The minimum absolute atomic E-state index is 0.0783. The van der Waals surface area contributed by atoms with Gasteiger partial charge in [-0.25, -0.2) is 9.37 Å². The first-order valence-electron chi connectivity index (χ1n) is 10.6. The van der Waals surface area contributed by atoms with Crippen molar-refractivity contribution in [1.82, 2.24) is 29.5 Å². The molecular formula is C23H19FN8O. The largest absolute Gasteiger partial charge is 0.365 e. The maximum absolute atomic E-state index is 13.8. The molecule has 0 radical (unpaired) electrons. The molecule has 6 rings (SSSR count). The molecule has 33 heavy (non-hydrogen) atoms. The lowest BCUT2D eigenvalue weighted by molar-refractivity contribution is 0.100. The van der Waals surface area contributed by atoms with E-state index < -0.39 is 11.7 Å². The van der Waals surface area contributed by atoms with Crippen LogP contribution in [-0.2, 0) is 12.8 Å². The van der Waals surface area contributed by atoms with Crippen LogP contribution in [0.3, 0.4) is 0 Å². The number of carbonyl (C=O) groups is 1. The molecule has 0 saturated heterocycles. The van der Waals surface area contributed by atoms with Crippen molar-refractivity contribution >= 4 is 28.4 Å². The van der Waals surface area contributed by atoms with E-state index in [0.717, 1.165) is 31.0 Å². The molecule has 9 nitrogen and oxygen atoms in total. The number of hydrogen-bond donors (Lipinski definition) is 3. The average molecular weight is 442 g/mol. The fourth-order valence-corrected chi connectivity index (χ4v) is 4.48. The van der Waals surface area contributed by atoms with Crippen molar-refractivity contribution in [1.29, 1.82) is 0 Å². The fraction of sp³-hybridized carbons (Fsp3) is 0.174. The summed E-state index contributed by atoms with van der Waals surface area (Å²) >= 11 is 0. The monoisotopic (exact) mass is 442 g/mol. The number of rotatable bonds is 4. The number of aromatic amines is 1. The van der Waals surface area contributed by atoms with Crippen LogP contribution in [0.5, 0.6) is 0 Å². The zero-order valence-electron chi connectivity index (χ0n) is 17.4. The highest BCUT2D eigenvalue weighted by Crippen LogP contribution is 2.30. The molecule has 1 unspecified atom stereocenters. The second kappa shape index (κ2) is 7.37. The summed E-state index contributed by atoms with van der Waals surface area (Å²) in [4.78, 5) is 28.4. The SMILES string of the molecule is NC(=O)c1cnn2c(NC3CCc4[nH]c5ccccc5c4C3)nc(-c3cncc(F)c3)nc12. The van der Waals surface area contributed by atoms with Gasteiger partial charge in [0.05, 0.1) is 12.4 Å². The van der Waals surface area contributed by atoms with E-state index in [1.165, 1.54) is 39.6 Å². The lowest BCUT2D eigenvalue weighted by Gasteiger charge is -2.24. The Bertz CT molecular complexity index is 1540. The minimum Gasteiger partial charge on any atom is -0.365 e. The van der Waals surface area contributed by atoms with Crippen molar-refractivity contribution in [2.75, 3.05) is 5.32 Å². The number of hydrogen-bond acceptors (Lipinski definition) is 6. The summed E-state index contributed by atoms with van der Waals surface area (Å²) in [6.07, 6.45) is 6.51. The molecule has 1 aromatic carbocycles. The number of carbonyl (C=O) groups excluding carboxylic acids is 1. The van der Waals surface area contributed by atoms with Gasteiger partial charge in [0.15, 0.2) is 11.5 Å². The van der Waals surface area contributed by atoms with E-state index in [0.29, 0.717) is 11.5 Å². The van der Waals surface area contributed by atoms with Gasteiger partial charge in [-0.2, -0.15) is 14.6 Å². The highest BCUT2D eigenvalue weighted by Gasteiger charge is 2.25. The van der Waals surface area contributed by atoms with Crippen LogP contribution in [0.4, 0.5) is 10.3 Å². The zero-order chi connectivity index (χ0) is 22.5. The second-order valence-corrected chi connectivity index (χ2v) is 8.13. The number of nitrogens with one attached hydrogen (secondary N) is 2. The molecule has 1 aliphatic rings. The molecule has 1 aliphatic carbocycles. The van der Waals surface area contributed by atoms with E-state index in [-0.39, 0.29) is 23.1 Å². The molecule has 0 saturated carbocycles. The molecular weight excluding hydrogens is 423 g/mol. The van der Waals surface area contributed by atoms with Crippen LogP contribution in [0, 0.1) is 5.82 Å². The Balaban J connectivity index is 1.42. The quantitative estimate of drug-likeness (QED) is 0.393. The van der Waals surface area contributed by atoms with Crippen LogP contribution in [0.25, 0.3) is 27.9 Å². The van der Waals surface area contributed by atoms with Gasteiger partial charge in [-0.15, -0.1) is 0 Å². The van der Waals surface area contributed by atoms with E-state index in [1.807, 2.05) is 12.1 Å². The Labute approximate surface area is 186 Å². The molecule has 4 aromatic heterocycles. The Morgan fingerprint density at radius 3 is 2.94 bits per heavy atom. The number of benzene rings is 1. The van der Waals surface area contributed by atoms with Gasteiger partial charge in [0.2, 0.25) is 5.95 Å². The number of halogens is 1. The summed E-state index contributed by atoms with van der Waals surface area (Å²) in [6.45, 7) is 0. The van der Waals surface area contributed by atoms with Crippen LogP contribution < -0.4 is 11.1 Å². The average Bonchev–Trinajstić information content (AvgIpc) is 3.41. The van der Waals surface area contributed by atoms with Gasteiger partial charge in [-0.05, 0) is 37.0 Å².